The van der Waals surface area contributed by atoms with Crippen LogP contribution in [-0.4, -0.2) is 47.2 Å². The molecule has 172 valence electrons. The maximum atomic E-state index is 13.0. The Morgan fingerprint density at radius 1 is 0.794 bits per heavy atom. The highest BCUT2D eigenvalue weighted by molar-refractivity contribution is 5.96. The van der Waals surface area contributed by atoms with Crippen molar-refractivity contribution in [3.05, 3.63) is 90.0 Å². The van der Waals surface area contributed by atoms with Crippen molar-refractivity contribution in [2.45, 2.75) is 6.18 Å². The molecule has 0 N–H and O–H groups in total. The summed E-state index contributed by atoms with van der Waals surface area (Å²) in [5.74, 6) is 0.304. The van der Waals surface area contributed by atoms with Gasteiger partial charge in [-0.15, -0.1) is 10.2 Å². The van der Waals surface area contributed by atoms with Gasteiger partial charge >= 0.3 is 6.18 Å². The van der Waals surface area contributed by atoms with Crippen molar-refractivity contribution in [3.8, 4) is 11.3 Å². The molecule has 1 aliphatic heterocycles. The SMILES string of the molecule is O=C(c1cccc(C(F)(F)F)c1)N1CCN(c2ccc(-c3cccc4ccccc34)nn2)CC1. The van der Waals surface area contributed by atoms with Gasteiger partial charge in [-0.25, -0.2) is 0 Å². The second kappa shape index (κ2) is 8.78. The molecule has 4 aromatic rings. The fourth-order valence-corrected chi connectivity index (χ4v) is 4.24. The van der Waals surface area contributed by atoms with Gasteiger partial charge in [0.05, 0.1) is 11.3 Å². The zero-order chi connectivity index (χ0) is 23.7. The Morgan fingerprint density at radius 3 is 2.26 bits per heavy atom. The predicted octanol–water partition coefficient (Wildman–Crippen LogP) is 5.28. The van der Waals surface area contributed by atoms with Crippen LogP contribution in [0.25, 0.3) is 22.0 Å². The number of carbonyl (C=O) groups excluding carboxylic acids is 1. The Hall–Kier alpha value is -3.94. The van der Waals surface area contributed by atoms with Crippen molar-refractivity contribution in [1.82, 2.24) is 15.1 Å². The number of aromatic nitrogens is 2. The minimum absolute atomic E-state index is 0.0440. The molecule has 0 aliphatic carbocycles. The molecule has 0 saturated carbocycles. The van der Waals surface area contributed by atoms with Crippen LogP contribution >= 0.6 is 0 Å². The van der Waals surface area contributed by atoms with Gasteiger partial charge in [0.1, 0.15) is 0 Å². The number of hydrogen-bond acceptors (Lipinski definition) is 4. The molecule has 1 aliphatic rings. The Labute approximate surface area is 194 Å². The van der Waals surface area contributed by atoms with Gasteiger partial charge in [-0.2, -0.15) is 13.2 Å². The molecule has 5 rings (SSSR count). The lowest BCUT2D eigenvalue weighted by atomic mass is 10.0. The first kappa shape index (κ1) is 21.9. The third-order valence-electron chi connectivity index (χ3n) is 6.04. The van der Waals surface area contributed by atoms with Crippen LogP contribution in [0.2, 0.25) is 0 Å². The molecule has 0 atom stereocenters. The fraction of sp³-hybridized carbons (Fsp3) is 0.192. The van der Waals surface area contributed by atoms with Crippen molar-refractivity contribution >= 4 is 22.5 Å². The van der Waals surface area contributed by atoms with E-state index in [0.29, 0.717) is 32.0 Å². The number of anilines is 1. The number of alkyl halides is 3. The topological polar surface area (TPSA) is 49.3 Å². The van der Waals surface area contributed by atoms with Gasteiger partial charge in [-0.3, -0.25) is 4.79 Å². The standard InChI is InChI=1S/C26H21F3N4O/c27-26(28,29)20-8-3-7-19(17-20)25(34)33-15-13-32(14-16-33)24-12-11-23(30-31-24)22-10-4-6-18-5-1-2-9-21(18)22/h1-12,17H,13-16H2. The first-order valence-electron chi connectivity index (χ1n) is 10.9. The molecule has 0 radical (unpaired) electrons. The van der Waals surface area contributed by atoms with Crippen molar-refractivity contribution in [2.24, 2.45) is 0 Å². The van der Waals surface area contributed by atoms with Crippen LogP contribution < -0.4 is 4.90 Å². The van der Waals surface area contributed by atoms with E-state index in [1.165, 1.54) is 12.1 Å². The maximum Gasteiger partial charge on any atom is 0.416 e. The largest absolute Gasteiger partial charge is 0.416 e. The number of nitrogens with zero attached hydrogens (tertiary/aromatic N) is 4. The summed E-state index contributed by atoms with van der Waals surface area (Å²) in [6.07, 6.45) is -4.48. The van der Waals surface area contributed by atoms with E-state index in [9.17, 15) is 18.0 Å². The average Bonchev–Trinajstić information content (AvgIpc) is 2.88. The second-order valence-electron chi connectivity index (χ2n) is 8.16. The minimum atomic E-state index is -4.48. The molecule has 2 heterocycles. The molecule has 5 nitrogen and oxygen atoms in total. The number of hydrogen-bond donors (Lipinski definition) is 0. The van der Waals surface area contributed by atoms with Crippen molar-refractivity contribution in [1.29, 1.82) is 0 Å². The normalized spacial score (nSPS) is 14.4. The Bertz CT molecular complexity index is 1320. The number of fused-ring (bicyclic) bond motifs is 1. The quantitative estimate of drug-likeness (QED) is 0.416. The smallest absolute Gasteiger partial charge is 0.352 e. The van der Waals surface area contributed by atoms with Gasteiger partial charge in [0, 0.05) is 37.3 Å². The lowest BCUT2D eigenvalue weighted by Crippen LogP contribution is -2.49. The van der Waals surface area contributed by atoms with E-state index in [-0.39, 0.29) is 5.56 Å². The third kappa shape index (κ3) is 4.31. The molecule has 8 heteroatoms. The van der Waals surface area contributed by atoms with E-state index in [1.807, 2.05) is 41.3 Å². The molecule has 34 heavy (non-hydrogen) atoms. The maximum absolute atomic E-state index is 13.0. The van der Waals surface area contributed by atoms with Gasteiger partial charge < -0.3 is 9.80 Å². The summed E-state index contributed by atoms with van der Waals surface area (Å²) in [4.78, 5) is 16.3. The lowest BCUT2D eigenvalue weighted by molar-refractivity contribution is -0.137. The van der Waals surface area contributed by atoms with E-state index in [1.54, 1.807) is 4.90 Å². The Balaban J connectivity index is 1.27. The summed E-state index contributed by atoms with van der Waals surface area (Å²) in [5.41, 5.74) is 1.01. The molecule has 0 unspecified atom stereocenters. The van der Waals surface area contributed by atoms with Gasteiger partial charge in [-0.1, -0.05) is 48.5 Å². The van der Waals surface area contributed by atoms with Crippen LogP contribution in [0.4, 0.5) is 19.0 Å². The van der Waals surface area contributed by atoms with Crippen molar-refractivity contribution in [2.75, 3.05) is 31.1 Å². The average molecular weight is 462 g/mol. The summed E-state index contributed by atoms with van der Waals surface area (Å²) in [6, 6.07) is 22.6. The van der Waals surface area contributed by atoms with Gasteiger partial charge in [-0.05, 0) is 41.1 Å². The molecule has 1 fully saturated rings. The zero-order valence-electron chi connectivity index (χ0n) is 18.2. The fourth-order valence-electron chi connectivity index (χ4n) is 4.24. The summed E-state index contributed by atoms with van der Waals surface area (Å²) in [5, 5.41) is 11.1. The number of rotatable bonds is 3. The summed E-state index contributed by atoms with van der Waals surface area (Å²) >= 11 is 0. The van der Waals surface area contributed by atoms with Crippen molar-refractivity contribution < 1.29 is 18.0 Å². The van der Waals surface area contributed by atoms with Gasteiger partial charge in [0.15, 0.2) is 5.82 Å². The number of piperazine rings is 1. The van der Waals surface area contributed by atoms with Crippen LogP contribution in [0.1, 0.15) is 15.9 Å². The zero-order valence-corrected chi connectivity index (χ0v) is 18.2. The number of amides is 1. The highest BCUT2D eigenvalue weighted by Crippen LogP contribution is 2.30. The first-order valence-corrected chi connectivity index (χ1v) is 10.9. The molecule has 0 bridgehead atoms. The van der Waals surface area contributed by atoms with E-state index >= 15 is 0 Å². The minimum Gasteiger partial charge on any atom is -0.352 e. The number of halogens is 3. The van der Waals surface area contributed by atoms with E-state index < -0.39 is 17.6 Å². The number of benzene rings is 3. The molecular weight excluding hydrogens is 441 g/mol. The van der Waals surface area contributed by atoms with Gasteiger partial charge in [0.2, 0.25) is 0 Å². The summed E-state index contributed by atoms with van der Waals surface area (Å²) in [6.45, 7) is 1.82. The molecule has 0 spiro atoms. The first-order chi connectivity index (χ1) is 16.4. The van der Waals surface area contributed by atoms with E-state index in [2.05, 4.69) is 28.4 Å². The van der Waals surface area contributed by atoms with E-state index in [0.717, 1.165) is 34.2 Å². The van der Waals surface area contributed by atoms with Crippen LogP contribution in [0.5, 0.6) is 0 Å². The highest BCUT2D eigenvalue weighted by Gasteiger charge is 2.31. The van der Waals surface area contributed by atoms with Crippen LogP contribution in [0.15, 0.2) is 78.9 Å². The van der Waals surface area contributed by atoms with Gasteiger partial charge in [0.25, 0.3) is 5.91 Å². The molecule has 1 amide bonds. The second-order valence-corrected chi connectivity index (χ2v) is 8.16. The lowest BCUT2D eigenvalue weighted by Gasteiger charge is -2.35. The molecular formula is C26H21F3N4O. The van der Waals surface area contributed by atoms with Crippen LogP contribution in [0, 0.1) is 0 Å². The number of carbonyl (C=O) groups is 1. The summed E-state index contributed by atoms with van der Waals surface area (Å²) < 4.78 is 38.9. The molecule has 3 aromatic carbocycles. The monoisotopic (exact) mass is 462 g/mol. The Morgan fingerprint density at radius 2 is 1.53 bits per heavy atom. The van der Waals surface area contributed by atoms with Crippen LogP contribution in [0.3, 0.4) is 0 Å². The summed E-state index contributed by atoms with van der Waals surface area (Å²) in [7, 11) is 0. The van der Waals surface area contributed by atoms with Crippen molar-refractivity contribution in [3.63, 3.8) is 0 Å². The highest BCUT2D eigenvalue weighted by atomic mass is 19.4. The third-order valence-corrected chi connectivity index (χ3v) is 6.04. The molecule has 1 saturated heterocycles. The molecule has 1 aromatic heterocycles. The van der Waals surface area contributed by atoms with E-state index in [4.69, 9.17) is 0 Å². The predicted molar refractivity (Wildman–Crippen MR) is 125 cm³/mol. The Kier molecular flexibility index (Phi) is 5.65. The van der Waals surface area contributed by atoms with Crippen LogP contribution in [-0.2, 0) is 6.18 Å².